The molecule has 0 heterocycles. The Labute approximate surface area is 111 Å². The van der Waals surface area contributed by atoms with Crippen LogP contribution in [-0.2, 0) is 4.79 Å². The summed E-state index contributed by atoms with van der Waals surface area (Å²) in [4.78, 5) is 11.8. The third-order valence-electron chi connectivity index (χ3n) is 4.99. The molecular weight excluding hydrogens is 224 g/mol. The van der Waals surface area contributed by atoms with E-state index in [-0.39, 0.29) is 11.4 Å². The molecule has 0 radical (unpaired) electrons. The van der Waals surface area contributed by atoms with Crippen LogP contribution in [-0.4, -0.2) is 18.0 Å². The van der Waals surface area contributed by atoms with Crippen molar-refractivity contribution in [2.45, 2.75) is 70.3 Å². The van der Waals surface area contributed by atoms with E-state index in [1.807, 2.05) is 0 Å². The zero-order chi connectivity index (χ0) is 13.0. The van der Waals surface area contributed by atoms with Gasteiger partial charge in [-0.2, -0.15) is 0 Å². The van der Waals surface area contributed by atoms with E-state index in [1.54, 1.807) is 0 Å². The SMILES string of the molecule is CCC1CCC(CNC(=O)CC2(N)CCC2)CC1. The molecule has 2 fully saturated rings. The molecule has 3 N–H and O–H groups in total. The average molecular weight is 252 g/mol. The van der Waals surface area contributed by atoms with E-state index in [9.17, 15) is 4.79 Å². The van der Waals surface area contributed by atoms with Crippen LogP contribution >= 0.6 is 0 Å². The van der Waals surface area contributed by atoms with Crippen LogP contribution in [0.25, 0.3) is 0 Å². The fourth-order valence-electron chi connectivity index (χ4n) is 3.29. The summed E-state index contributed by atoms with van der Waals surface area (Å²) >= 11 is 0. The Balaban J connectivity index is 1.61. The molecule has 2 aliphatic rings. The lowest BCUT2D eigenvalue weighted by Crippen LogP contribution is -2.50. The number of carbonyl (C=O) groups is 1. The molecule has 0 unspecified atom stereocenters. The second kappa shape index (κ2) is 6.05. The maximum absolute atomic E-state index is 11.8. The van der Waals surface area contributed by atoms with Crippen LogP contribution in [0.2, 0.25) is 0 Å². The fraction of sp³-hybridized carbons (Fsp3) is 0.933. The van der Waals surface area contributed by atoms with Crippen molar-refractivity contribution in [2.75, 3.05) is 6.54 Å². The lowest BCUT2D eigenvalue weighted by molar-refractivity contribution is -0.123. The number of amides is 1. The number of nitrogens with two attached hydrogens (primary N) is 1. The van der Waals surface area contributed by atoms with Gasteiger partial charge in [0.15, 0.2) is 0 Å². The van der Waals surface area contributed by atoms with Crippen molar-refractivity contribution in [3.8, 4) is 0 Å². The van der Waals surface area contributed by atoms with Gasteiger partial charge in [0.1, 0.15) is 0 Å². The molecule has 0 spiro atoms. The van der Waals surface area contributed by atoms with E-state index in [1.165, 1.54) is 38.5 Å². The second-order valence-corrected chi connectivity index (χ2v) is 6.49. The van der Waals surface area contributed by atoms with Crippen molar-refractivity contribution in [3.05, 3.63) is 0 Å². The van der Waals surface area contributed by atoms with Crippen LogP contribution in [0.15, 0.2) is 0 Å². The van der Waals surface area contributed by atoms with Crippen molar-refractivity contribution in [2.24, 2.45) is 17.6 Å². The van der Waals surface area contributed by atoms with Crippen LogP contribution in [0.4, 0.5) is 0 Å². The minimum absolute atomic E-state index is 0.162. The lowest BCUT2D eigenvalue weighted by atomic mass is 9.75. The topological polar surface area (TPSA) is 55.1 Å². The predicted octanol–water partition coefficient (Wildman–Crippen LogP) is 2.59. The summed E-state index contributed by atoms with van der Waals surface area (Å²) in [6.45, 7) is 3.15. The lowest BCUT2D eigenvalue weighted by Gasteiger charge is -2.37. The Hall–Kier alpha value is -0.570. The molecule has 0 aromatic rings. The van der Waals surface area contributed by atoms with E-state index in [4.69, 9.17) is 5.73 Å². The molecule has 0 aliphatic heterocycles. The van der Waals surface area contributed by atoms with Gasteiger partial charge in [-0.3, -0.25) is 4.79 Å². The van der Waals surface area contributed by atoms with Gasteiger partial charge in [-0.05, 0) is 43.9 Å². The third kappa shape index (κ3) is 3.71. The molecule has 0 aromatic carbocycles. The second-order valence-electron chi connectivity index (χ2n) is 6.49. The average Bonchev–Trinajstić information content (AvgIpc) is 2.35. The highest BCUT2D eigenvalue weighted by atomic mass is 16.1. The Morgan fingerprint density at radius 1 is 1.22 bits per heavy atom. The molecule has 104 valence electrons. The van der Waals surface area contributed by atoms with Crippen molar-refractivity contribution in [1.29, 1.82) is 0 Å². The maximum Gasteiger partial charge on any atom is 0.221 e. The zero-order valence-corrected chi connectivity index (χ0v) is 11.7. The molecule has 2 rings (SSSR count). The molecule has 0 saturated heterocycles. The highest BCUT2D eigenvalue weighted by Gasteiger charge is 2.34. The fourth-order valence-corrected chi connectivity index (χ4v) is 3.29. The van der Waals surface area contributed by atoms with E-state index in [2.05, 4.69) is 12.2 Å². The Morgan fingerprint density at radius 2 is 1.83 bits per heavy atom. The summed E-state index contributed by atoms with van der Waals surface area (Å²) in [6, 6.07) is 0. The predicted molar refractivity (Wildman–Crippen MR) is 74.1 cm³/mol. The highest BCUT2D eigenvalue weighted by molar-refractivity contribution is 5.77. The first-order chi connectivity index (χ1) is 8.61. The third-order valence-corrected chi connectivity index (χ3v) is 4.99. The van der Waals surface area contributed by atoms with E-state index in [0.717, 1.165) is 25.3 Å². The molecule has 1 amide bonds. The molecule has 2 saturated carbocycles. The molecule has 3 heteroatoms. The smallest absolute Gasteiger partial charge is 0.221 e. The van der Waals surface area contributed by atoms with Crippen LogP contribution in [0.3, 0.4) is 0 Å². The molecule has 0 atom stereocenters. The summed E-state index contributed by atoms with van der Waals surface area (Å²) in [5.41, 5.74) is 5.91. The number of nitrogens with one attached hydrogen (secondary N) is 1. The van der Waals surface area contributed by atoms with Crippen LogP contribution < -0.4 is 11.1 Å². The van der Waals surface area contributed by atoms with Gasteiger partial charge < -0.3 is 11.1 Å². The van der Waals surface area contributed by atoms with Gasteiger partial charge in [0, 0.05) is 18.5 Å². The monoisotopic (exact) mass is 252 g/mol. The van der Waals surface area contributed by atoms with E-state index in [0.29, 0.717) is 12.3 Å². The molecular formula is C15H28N2O. The van der Waals surface area contributed by atoms with Crippen molar-refractivity contribution in [1.82, 2.24) is 5.32 Å². The standard InChI is InChI=1S/C15H28N2O/c1-2-12-4-6-13(7-5-12)11-17-14(18)10-15(16)8-3-9-15/h12-13H,2-11,16H2,1H3,(H,17,18). The zero-order valence-electron chi connectivity index (χ0n) is 11.7. The molecule has 18 heavy (non-hydrogen) atoms. The first kappa shape index (κ1) is 13.9. The summed E-state index contributed by atoms with van der Waals surface area (Å²) in [7, 11) is 0. The van der Waals surface area contributed by atoms with Gasteiger partial charge in [0.05, 0.1) is 0 Å². The van der Waals surface area contributed by atoms with Crippen molar-refractivity contribution < 1.29 is 4.79 Å². The normalized spacial score (nSPS) is 30.6. The van der Waals surface area contributed by atoms with Gasteiger partial charge >= 0.3 is 0 Å². The van der Waals surface area contributed by atoms with Crippen molar-refractivity contribution in [3.63, 3.8) is 0 Å². The molecule has 3 nitrogen and oxygen atoms in total. The van der Waals surface area contributed by atoms with Gasteiger partial charge in [-0.25, -0.2) is 0 Å². The molecule has 0 bridgehead atoms. The minimum atomic E-state index is -0.177. The largest absolute Gasteiger partial charge is 0.356 e. The Morgan fingerprint density at radius 3 is 2.33 bits per heavy atom. The maximum atomic E-state index is 11.8. The highest BCUT2D eigenvalue weighted by Crippen LogP contribution is 2.32. The van der Waals surface area contributed by atoms with E-state index < -0.39 is 0 Å². The number of carbonyl (C=O) groups excluding carboxylic acids is 1. The van der Waals surface area contributed by atoms with Crippen LogP contribution in [0.1, 0.15) is 64.7 Å². The quantitative estimate of drug-likeness (QED) is 0.790. The number of rotatable bonds is 5. The molecule has 2 aliphatic carbocycles. The Kier molecular flexibility index (Phi) is 4.66. The van der Waals surface area contributed by atoms with E-state index >= 15 is 0 Å². The summed E-state index contributed by atoms with van der Waals surface area (Å²) in [5.74, 6) is 1.79. The number of hydrogen-bond donors (Lipinski definition) is 2. The van der Waals surface area contributed by atoms with Gasteiger partial charge in [0.25, 0.3) is 0 Å². The summed E-state index contributed by atoms with van der Waals surface area (Å²) in [6.07, 6.45) is 10.3. The van der Waals surface area contributed by atoms with Gasteiger partial charge in [-0.1, -0.05) is 26.2 Å². The summed E-state index contributed by atoms with van der Waals surface area (Å²) < 4.78 is 0. The molecule has 0 aromatic heterocycles. The summed E-state index contributed by atoms with van der Waals surface area (Å²) in [5, 5.41) is 3.09. The van der Waals surface area contributed by atoms with Gasteiger partial charge in [0.2, 0.25) is 5.91 Å². The first-order valence-corrected chi connectivity index (χ1v) is 7.67. The first-order valence-electron chi connectivity index (χ1n) is 7.67. The minimum Gasteiger partial charge on any atom is -0.356 e. The van der Waals surface area contributed by atoms with Crippen LogP contribution in [0.5, 0.6) is 0 Å². The van der Waals surface area contributed by atoms with Crippen LogP contribution in [0, 0.1) is 11.8 Å². The van der Waals surface area contributed by atoms with Gasteiger partial charge in [-0.15, -0.1) is 0 Å². The number of hydrogen-bond acceptors (Lipinski definition) is 2. The van der Waals surface area contributed by atoms with Crippen molar-refractivity contribution >= 4 is 5.91 Å². The Bertz CT molecular complexity index is 278.